The van der Waals surface area contributed by atoms with Crippen LogP contribution in [0.2, 0.25) is 0 Å². The van der Waals surface area contributed by atoms with Crippen molar-refractivity contribution in [3.8, 4) is 0 Å². The molecule has 0 nitrogen and oxygen atoms in total. The molecule has 36 unspecified atom stereocenters. The van der Waals surface area contributed by atoms with Crippen LogP contribution < -0.4 is 0 Å². The molecule has 0 aromatic carbocycles. The first-order valence-electron chi connectivity index (χ1n) is 64.7. The van der Waals surface area contributed by atoms with E-state index in [1.54, 1.807) is 55.7 Å². The molecule has 0 spiro atoms. The molecule has 36 atom stereocenters. The molecule has 0 aromatic heterocycles. The lowest BCUT2D eigenvalue weighted by Crippen LogP contribution is -2.26. The summed E-state index contributed by atoms with van der Waals surface area (Å²) in [7, 11) is 0. The largest absolute Gasteiger partial charge is 0.0854 e. The number of fused-ring (bicyclic) bond motifs is 10. The summed E-state index contributed by atoms with van der Waals surface area (Å²) in [6, 6.07) is 0. The molecule has 0 saturated heterocycles. The first-order valence-corrected chi connectivity index (χ1v) is 64.7. The van der Waals surface area contributed by atoms with E-state index in [2.05, 4.69) is 277 Å². The molecular formula is C144H242. The summed E-state index contributed by atoms with van der Waals surface area (Å²) in [5.74, 6) is 34.7. The number of allylic oxidation sites excluding steroid dienone is 26. The van der Waals surface area contributed by atoms with Gasteiger partial charge in [0, 0.05) is 0 Å². The molecule has 10 fully saturated rings. The zero-order valence-electron chi connectivity index (χ0n) is 101. The summed E-state index contributed by atoms with van der Waals surface area (Å²) >= 11 is 0. The SMILES string of the molecule is CC1=CC2CCC(C)CC2CC1.CC1=CC2CCC(C)CC2CC1.CC1=CCC(C)CC1.CC1=CCC(C)CC1.CC1=CCC2CC(C)CCC2C1.CC1=CCC2CC(C)CCC2C1.CC1C=C2CCC(C)CC2CC1.CC1C=C2CCC(C)CC2CC1.CC1C=CC(C)CC1.CC1C=CC2CC(C)CCC2C1.CC1C=CC2CC(C)CCC2C1.CC1CCC2CC(C)CC=C2C1.CC1CCC2CC(C)CC=C2C1. The maximum atomic E-state index is 2.56. The van der Waals surface area contributed by atoms with Crippen molar-refractivity contribution >= 4 is 0 Å². The van der Waals surface area contributed by atoms with Gasteiger partial charge in [-0.15, -0.1) is 0 Å². The van der Waals surface area contributed by atoms with Crippen LogP contribution in [0.4, 0.5) is 0 Å². The van der Waals surface area contributed by atoms with E-state index < -0.39 is 0 Å². The van der Waals surface area contributed by atoms with Crippen molar-refractivity contribution in [2.45, 2.75) is 540 Å². The lowest BCUT2D eigenvalue weighted by Gasteiger charge is -2.37. The molecule has 23 aliphatic carbocycles. The van der Waals surface area contributed by atoms with Crippen LogP contribution in [0.3, 0.4) is 0 Å². The van der Waals surface area contributed by atoms with Gasteiger partial charge in [0.05, 0.1) is 0 Å². The Hall–Kier alpha value is -3.38. The summed E-state index contributed by atoms with van der Waals surface area (Å²) < 4.78 is 0. The second kappa shape index (κ2) is 62.8. The van der Waals surface area contributed by atoms with Crippen LogP contribution in [0.25, 0.3) is 0 Å². The Morgan fingerprint density at radius 3 is 0.806 bits per heavy atom. The molecule has 23 rings (SSSR count). The Morgan fingerprint density at radius 1 is 0.153 bits per heavy atom. The molecule has 0 aromatic rings. The second-order valence-corrected chi connectivity index (χ2v) is 57.9. The average molecular weight is 1970 g/mol. The van der Waals surface area contributed by atoms with Gasteiger partial charge in [-0.25, -0.2) is 0 Å². The molecule has 0 heteroatoms. The monoisotopic (exact) mass is 1970 g/mol. The van der Waals surface area contributed by atoms with Crippen molar-refractivity contribution < 1.29 is 0 Å². The van der Waals surface area contributed by atoms with Gasteiger partial charge in [-0.3, -0.25) is 0 Å². The molecular weight excluding hydrogens is 1730 g/mol. The third-order valence-corrected chi connectivity index (χ3v) is 42.3. The zero-order valence-corrected chi connectivity index (χ0v) is 101. The van der Waals surface area contributed by atoms with Crippen LogP contribution in [0.5, 0.6) is 0 Å². The highest BCUT2D eigenvalue weighted by molar-refractivity contribution is 5.20. The summed E-state index contributed by atoms with van der Waals surface area (Å²) in [6.07, 6.45) is 120. The van der Waals surface area contributed by atoms with E-state index in [4.69, 9.17) is 0 Å². The van der Waals surface area contributed by atoms with Crippen LogP contribution in [0.1, 0.15) is 540 Å². The van der Waals surface area contributed by atoms with Gasteiger partial charge < -0.3 is 0 Å². The molecule has 0 radical (unpaired) electrons. The zero-order chi connectivity index (χ0) is 103. The summed E-state index contributed by atoms with van der Waals surface area (Å²) in [6.45, 7) is 61.2. The highest BCUT2D eigenvalue weighted by Gasteiger charge is 2.38. The summed E-state index contributed by atoms with van der Waals surface area (Å²) in [5.41, 5.74) is 16.9. The average Bonchev–Trinajstić information content (AvgIpc) is 0.883. The second-order valence-electron chi connectivity index (χ2n) is 57.9. The van der Waals surface area contributed by atoms with Crippen LogP contribution in [0.15, 0.2) is 153 Å². The topological polar surface area (TPSA) is 0 Å². The van der Waals surface area contributed by atoms with Crippen molar-refractivity contribution in [3.05, 3.63) is 153 Å². The first-order chi connectivity index (χ1) is 68.9. The Labute approximate surface area is 899 Å². The number of rotatable bonds is 0. The van der Waals surface area contributed by atoms with E-state index in [1.165, 1.54) is 360 Å². The summed E-state index contributed by atoms with van der Waals surface area (Å²) in [4.78, 5) is 0. The van der Waals surface area contributed by atoms with Gasteiger partial charge in [0.2, 0.25) is 0 Å². The van der Waals surface area contributed by atoms with Gasteiger partial charge in [0.15, 0.2) is 0 Å². The van der Waals surface area contributed by atoms with Gasteiger partial charge in [0.1, 0.15) is 0 Å². The van der Waals surface area contributed by atoms with Crippen molar-refractivity contribution in [2.75, 3.05) is 0 Å². The fourth-order valence-electron chi connectivity index (χ4n) is 32.1. The van der Waals surface area contributed by atoms with Gasteiger partial charge in [-0.05, 0) is 576 Å². The Balaban J connectivity index is 0.000000149. The quantitative estimate of drug-likeness (QED) is 0.212. The minimum Gasteiger partial charge on any atom is -0.0854 e. The third kappa shape index (κ3) is 43.2. The maximum absolute atomic E-state index is 2.56. The molecule has 144 heavy (non-hydrogen) atoms. The fourth-order valence-corrected chi connectivity index (χ4v) is 32.1. The minimum absolute atomic E-state index is 0.839. The Morgan fingerprint density at radius 2 is 0.438 bits per heavy atom. The van der Waals surface area contributed by atoms with Crippen LogP contribution >= 0.6 is 0 Å². The lowest BCUT2D eigenvalue weighted by atomic mass is 9.68. The Kier molecular flexibility index (Phi) is 52.7. The van der Waals surface area contributed by atoms with E-state index in [-0.39, 0.29) is 0 Å². The molecule has 0 aliphatic heterocycles. The van der Waals surface area contributed by atoms with Crippen molar-refractivity contribution in [2.24, 2.45) is 213 Å². The van der Waals surface area contributed by atoms with Crippen molar-refractivity contribution in [1.29, 1.82) is 0 Å². The van der Waals surface area contributed by atoms with Crippen LogP contribution in [-0.4, -0.2) is 0 Å². The first kappa shape index (κ1) is 121. The molecule has 23 aliphatic rings. The van der Waals surface area contributed by atoms with Gasteiger partial charge in [-0.2, -0.15) is 0 Å². The number of hydrogen-bond donors (Lipinski definition) is 0. The van der Waals surface area contributed by atoms with E-state index in [9.17, 15) is 0 Å². The fraction of sp³-hybridized carbons (Fsp3) is 0.819. The molecule has 0 heterocycles. The van der Waals surface area contributed by atoms with Gasteiger partial charge in [-0.1, -0.05) is 330 Å². The lowest BCUT2D eigenvalue weighted by molar-refractivity contribution is 0.180. The smallest absolute Gasteiger partial charge is 0.0200 e. The van der Waals surface area contributed by atoms with Gasteiger partial charge in [0.25, 0.3) is 0 Å². The normalized spacial score (nSPS) is 41.2. The highest BCUT2D eigenvalue weighted by Crippen LogP contribution is 2.51. The van der Waals surface area contributed by atoms with E-state index in [0.29, 0.717) is 0 Å². The van der Waals surface area contributed by atoms with Crippen LogP contribution in [-0.2, 0) is 0 Å². The van der Waals surface area contributed by atoms with E-state index in [0.717, 1.165) is 213 Å². The van der Waals surface area contributed by atoms with Crippen molar-refractivity contribution in [1.82, 2.24) is 0 Å². The predicted octanol–water partition coefficient (Wildman–Crippen LogP) is 45.6. The van der Waals surface area contributed by atoms with E-state index in [1.807, 2.05) is 0 Å². The van der Waals surface area contributed by atoms with Crippen LogP contribution in [0, 0.1) is 213 Å². The summed E-state index contributed by atoms with van der Waals surface area (Å²) in [5, 5.41) is 0. The van der Waals surface area contributed by atoms with Gasteiger partial charge >= 0.3 is 0 Å². The third-order valence-electron chi connectivity index (χ3n) is 42.3. The van der Waals surface area contributed by atoms with Crippen molar-refractivity contribution in [3.63, 3.8) is 0 Å². The molecule has 0 bridgehead atoms. The minimum atomic E-state index is 0.839. The molecule has 818 valence electrons. The molecule has 10 saturated carbocycles. The molecule has 0 amide bonds. The Bertz CT molecular complexity index is 3800. The highest BCUT2D eigenvalue weighted by atomic mass is 14.4. The molecule has 0 N–H and O–H groups in total. The standard InChI is InChI=1S/10C12H20.3C8H14/c10*1-9-3-5-12-8-10(2)4-6-11(12)7-9;3*1-7-3-5-8(2)6-4-7/h2*7,10-12H,3-6,8H2,1-2H3;2*7,9-10,12H,3-6,8H2,1-2H3;2*5,9-11H,3-4,6-8H2,1-2H3;2*3,10-12H,4-8H2,1-2H3;2*3,5,9-12H,4,6-8H2,1-2H3;2*3,8H,4-6H2,1-2H3;3,5,7-8H,4,6H2,1-2H3. The maximum Gasteiger partial charge on any atom is -0.0200 e. The van der Waals surface area contributed by atoms with E-state index >= 15 is 0 Å². The number of hydrogen-bond acceptors (Lipinski definition) is 0. The predicted molar refractivity (Wildman–Crippen MR) is 640 cm³/mol.